The Balaban J connectivity index is 5.72. The van der Waals surface area contributed by atoms with E-state index in [2.05, 4.69) is 0 Å². The van der Waals surface area contributed by atoms with Crippen LogP contribution in [0.4, 0.5) is 0 Å². The minimum Gasteiger partial charge on any atom is -0.427 e. The van der Waals surface area contributed by atoms with E-state index in [1.807, 2.05) is 76.0 Å². The Kier molecular flexibility index (Phi) is 6.22. The molecule has 0 spiro atoms. The molecule has 108 valence electrons. The first kappa shape index (κ1) is 17.3. The lowest BCUT2D eigenvalue weighted by molar-refractivity contribution is -0.262. The van der Waals surface area contributed by atoms with E-state index >= 15 is 0 Å². The van der Waals surface area contributed by atoms with Crippen LogP contribution >= 0.6 is 0 Å². The van der Waals surface area contributed by atoms with Crippen LogP contribution in [0, 0.1) is 0 Å². The van der Waals surface area contributed by atoms with E-state index in [-0.39, 0.29) is 12.1 Å². The quantitative estimate of drug-likeness (QED) is 0.485. The summed E-state index contributed by atoms with van der Waals surface area (Å²) in [7, 11) is 15.5. The van der Waals surface area contributed by atoms with Gasteiger partial charge in [0.05, 0.1) is 0 Å². The highest BCUT2D eigenvalue weighted by Crippen LogP contribution is 2.26. The molecule has 0 N–H and O–H groups in total. The van der Waals surface area contributed by atoms with Gasteiger partial charge in [0.2, 0.25) is 0 Å². The third kappa shape index (κ3) is 3.41. The van der Waals surface area contributed by atoms with Gasteiger partial charge in [0.1, 0.15) is 6.17 Å². The van der Waals surface area contributed by atoms with E-state index in [4.69, 9.17) is 4.74 Å². The summed E-state index contributed by atoms with van der Waals surface area (Å²) in [5.74, 6) is -1.15. The first-order chi connectivity index (χ1) is 8.07. The van der Waals surface area contributed by atoms with Crippen LogP contribution in [0.1, 0.15) is 6.92 Å². The SMILES string of the molecule is CC(=O)OC(C(N(C)C)N(C)C)(N(C)C)N(C)C. The van der Waals surface area contributed by atoms with Crippen LogP contribution in [0.25, 0.3) is 0 Å². The van der Waals surface area contributed by atoms with Crippen molar-refractivity contribution < 1.29 is 9.53 Å². The lowest BCUT2D eigenvalue weighted by Crippen LogP contribution is -2.72. The fourth-order valence-corrected chi connectivity index (χ4v) is 2.44. The highest BCUT2D eigenvalue weighted by Gasteiger charge is 2.49. The van der Waals surface area contributed by atoms with E-state index in [0.717, 1.165) is 0 Å². The summed E-state index contributed by atoms with van der Waals surface area (Å²) in [6.45, 7) is 1.43. The van der Waals surface area contributed by atoms with Gasteiger partial charge in [-0.3, -0.25) is 24.4 Å². The van der Waals surface area contributed by atoms with Crippen LogP contribution in [0.3, 0.4) is 0 Å². The molecule has 6 heteroatoms. The normalized spacial score (nSPS) is 13.2. The van der Waals surface area contributed by atoms with Crippen molar-refractivity contribution in [3.05, 3.63) is 0 Å². The van der Waals surface area contributed by atoms with Crippen molar-refractivity contribution in [1.29, 1.82) is 0 Å². The molecule has 0 aromatic rings. The number of ether oxygens (including phenoxy) is 1. The van der Waals surface area contributed by atoms with Crippen molar-refractivity contribution in [1.82, 2.24) is 19.6 Å². The van der Waals surface area contributed by atoms with Crippen LogP contribution < -0.4 is 0 Å². The van der Waals surface area contributed by atoms with Crippen molar-refractivity contribution in [2.24, 2.45) is 0 Å². The van der Waals surface area contributed by atoms with E-state index < -0.39 is 5.85 Å². The monoisotopic (exact) mass is 260 g/mol. The number of hydrogen-bond donors (Lipinski definition) is 0. The Labute approximate surface area is 111 Å². The maximum absolute atomic E-state index is 11.5. The topological polar surface area (TPSA) is 39.3 Å². The average Bonchev–Trinajstić information content (AvgIpc) is 2.13. The summed E-state index contributed by atoms with van der Waals surface area (Å²) in [5, 5.41) is 0. The molecular weight excluding hydrogens is 232 g/mol. The average molecular weight is 260 g/mol. The Hall–Kier alpha value is -0.690. The lowest BCUT2D eigenvalue weighted by atomic mass is 10.2. The van der Waals surface area contributed by atoms with Crippen LogP contribution in [-0.2, 0) is 9.53 Å². The molecule has 0 heterocycles. The number of hydrogen-bond acceptors (Lipinski definition) is 6. The van der Waals surface area contributed by atoms with Crippen molar-refractivity contribution in [2.45, 2.75) is 18.9 Å². The number of nitrogens with zero attached hydrogens (tertiary/aromatic N) is 4. The smallest absolute Gasteiger partial charge is 0.305 e. The minimum atomic E-state index is -0.848. The zero-order chi connectivity index (χ0) is 14.7. The van der Waals surface area contributed by atoms with Gasteiger partial charge in [0.15, 0.2) is 0 Å². The fourth-order valence-electron chi connectivity index (χ4n) is 2.44. The Morgan fingerprint density at radius 2 is 1.22 bits per heavy atom. The molecule has 0 radical (unpaired) electrons. The molecule has 0 saturated carbocycles. The maximum Gasteiger partial charge on any atom is 0.305 e. The van der Waals surface area contributed by atoms with Crippen LogP contribution in [0.5, 0.6) is 0 Å². The third-order valence-electron chi connectivity index (χ3n) is 2.89. The number of carbonyl (C=O) groups excluding carboxylic acids is 1. The highest BCUT2D eigenvalue weighted by atomic mass is 16.6. The molecule has 0 unspecified atom stereocenters. The lowest BCUT2D eigenvalue weighted by Gasteiger charge is -2.52. The molecule has 0 saturated heterocycles. The summed E-state index contributed by atoms with van der Waals surface area (Å²) in [6.07, 6.45) is -0.105. The van der Waals surface area contributed by atoms with Crippen molar-refractivity contribution in [2.75, 3.05) is 56.4 Å². The number of carbonyl (C=O) groups is 1. The van der Waals surface area contributed by atoms with Crippen LogP contribution in [0.2, 0.25) is 0 Å². The predicted octanol–water partition coefficient (Wildman–Crippen LogP) is -0.224. The molecule has 18 heavy (non-hydrogen) atoms. The fraction of sp³-hybridized carbons (Fsp3) is 0.917. The van der Waals surface area contributed by atoms with Gasteiger partial charge in [-0.05, 0) is 56.4 Å². The highest BCUT2D eigenvalue weighted by molar-refractivity contribution is 5.66. The van der Waals surface area contributed by atoms with Gasteiger partial charge in [0.25, 0.3) is 5.85 Å². The molecule has 0 amide bonds. The summed E-state index contributed by atoms with van der Waals surface area (Å²) in [4.78, 5) is 19.4. The standard InChI is InChI=1S/C12H28N4O2/c1-10(17)18-12(15(6)7,16(8)9)11(13(2)3)14(4)5/h11H,1-9H3. The Morgan fingerprint density at radius 1 is 0.889 bits per heavy atom. The van der Waals surface area contributed by atoms with Crippen LogP contribution in [-0.4, -0.2) is 94.0 Å². The molecule has 0 aromatic heterocycles. The van der Waals surface area contributed by atoms with Crippen molar-refractivity contribution >= 4 is 5.97 Å². The van der Waals surface area contributed by atoms with Gasteiger partial charge in [-0.2, -0.15) is 0 Å². The first-order valence-electron chi connectivity index (χ1n) is 5.94. The molecule has 0 atom stereocenters. The number of likely N-dealkylation sites (N-methyl/N-ethyl adjacent to an activating group) is 4. The molecule has 0 aliphatic heterocycles. The summed E-state index contributed by atoms with van der Waals surface area (Å²) < 4.78 is 5.68. The second-order valence-electron chi connectivity index (χ2n) is 5.34. The Bertz CT molecular complexity index is 261. The van der Waals surface area contributed by atoms with Gasteiger partial charge in [-0.1, -0.05) is 0 Å². The van der Waals surface area contributed by atoms with E-state index in [1.165, 1.54) is 6.92 Å². The van der Waals surface area contributed by atoms with Crippen molar-refractivity contribution in [3.63, 3.8) is 0 Å². The molecule has 6 nitrogen and oxygen atoms in total. The zero-order valence-electron chi connectivity index (χ0n) is 13.2. The summed E-state index contributed by atoms with van der Waals surface area (Å²) in [6, 6.07) is 0. The number of rotatable bonds is 6. The van der Waals surface area contributed by atoms with E-state index in [0.29, 0.717) is 0 Å². The Morgan fingerprint density at radius 3 is 1.39 bits per heavy atom. The van der Waals surface area contributed by atoms with Gasteiger partial charge >= 0.3 is 5.97 Å². The van der Waals surface area contributed by atoms with Crippen LogP contribution in [0.15, 0.2) is 0 Å². The van der Waals surface area contributed by atoms with Crippen molar-refractivity contribution in [3.8, 4) is 0 Å². The number of esters is 1. The molecular formula is C12H28N4O2. The molecule has 0 fully saturated rings. The van der Waals surface area contributed by atoms with Gasteiger partial charge < -0.3 is 4.74 Å². The van der Waals surface area contributed by atoms with Gasteiger partial charge in [-0.25, -0.2) is 0 Å². The molecule has 0 aliphatic carbocycles. The molecule has 0 aliphatic rings. The molecule has 0 rings (SSSR count). The van der Waals surface area contributed by atoms with E-state index in [9.17, 15) is 4.79 Å². The van der Waals surface area contributed by atoms with Gasteiger partial charge in [-0.15, -0.1) is 0 Å². The zero-order valence-corrected chi connectivity index (χ0v) is 13.2. The first-order valence-corrected chi connectivity index (χ1v) is 5.94. The third-order valence-corrected chi connectivity index (χ3v) is 2.89. The molecule has 0 aromatic carbocycles. The maximum atomic E-state index is 11.5. The van der Waals surface area contributed by atoms with Gasteiger partial charge in [0, 0.05) is 6.92 Å². The summed E-state index contributed by atoms with van der Waals surface area (Å²) in [5.41, 5.74) is 0. The predicted molar refractivity (Wildman–Crippen MR) is 73.0 cm³/mol. The largest absolute Gasteiger partial charge is 0.427 e. The van der Waals surface area contributed by atoms with E-state index in [1.54, 1.807) is 0 Å². The summed E-state index contributed by atoms with van der Waals surface area (Å²) >= 11 is 0. The second kappa shape index (κ2) is 6.47. The second-order valence-corrected chi connectivity index (χ2v) is 5.34. The molecule has 0 bridgehead atoms. The minimum absolute atomic E-state index is 0.105.